The second kappa shape index (κ2) is 6.70. The Bertz CT molecular complexity index is 758. The number of pyridine rings is 1. The molecule has 1 atom stereocenters. The average molecular weight is 325 g/mol. The number of benzene rings is 1. The molecule has 2 heterocycles. The van der Waals surface area contributed by atoms with Gasteiger partial charge in [0.25, 0.3) is 0 Å². The predicted molar refractivity (Wildman–Crippen MR) is 89.8 cm³/mol. The summed E-state index contributed by atoms with van der Waals surface area (Å²) in [7, 11) is 0. The van der Waals surface area contributed by atoms with Gasteiger partial charge in [-0.1, -0.05) is 35.9 Å². The predicted octanol–water partition coefficient (Wildman–Crippen LogP) is 2.30. The molecular formula is C18H19N3O3. The minimum Gasteiger partial charge on any atom is -0.477 e. The first-order valence-corrected chi connectivity index (χ1v) is 7.84. The van der Waals surface area contributed by atoms with Gasteiger partial charge in [-0.15, -0.1) is 0 Å². The molecule has 1 amide bonds. The summed E-state index contributed by atoms with van der Waals surface area (Å²) in [6.07, 6.45) is 0.670. The Morgan fingerprint density at radius 2 is 2.04 bits per heavy atom. The number of nitrogens with zero attached hydrogens (tertiary/aromatic N) is 2. The first-order valence-electron chi connectivity index (χ1n) is 7.84. The van der Waals surface area contributed by atoms with E-state index in [1.807, 2.05) is 36.1 Å². The van der Waals surface area contributed by atoms with Crippen molar-refractivity contribution in [2.24, 2.45) is 0 Å². The van der Waals surface area contributed by atoms with Crippen molar-refractivity contribution in [2.75, 3.05) is 11.9 Å². The normalized spacial score (nSPS) is 17.1. The third kappa shape index (κ3) is 3.53. The quantitative estimate of drug-likeness (QED) is 0.881. The summed E-state index contributed by atoms with van der Waals surface area (Å²) >= 11 is 0. The summed E-state index contributed by atoms with van der Waals surface area (Å²) < 4.78 is 0. The topological polar surface area (TPSA) is 82.5 Å². The molecule has 0 aliphatic carbocycles. The SMILES string of the molecule is Cc1ccc(CN2CCC(Nc3cccc(C(=O)O)n3)C2=O)cc1. The van der Waals surface area contributed by atoms with Crippen LogP contribution in [0.2, 0.25) is 0 Å². The number of aromatic carboxylic acids is 1. The standard InChI is InChI=1S/C18H19N3O3/c1-12-5-7-13(8-6-12)11-21-10-9-14(17(21)22)19-16-4-2-3-15(20-16)18(23)24/h2-8,14H,9-11H2,1H3,(H,19,20)(H,23,24). The number of aryl methyl sites for hydroxylation is 1. The molecule has 6 heteroatoms. The largest absolute Gasteiger partial charge is 0.477 e. The van der Waals surface area contributed by atoms with Gasteiger partial charge in [0.2, 0.25) is 5.91 Å². The maximum Gasteiger partial charge on any atom is 0.354 e. The Hall–Kier alpha value is -2.89. The van der Waals surface area contributed by atoms with E-state index in [0.717, 1.165) is 5.56 Å². The van der Waals surface area contributed by atoms with E-state index in [1.165, 1.54) is 11.6 Å². The van der Waals surface area contributed by atoms with Gasteiger partial charge in [-0.3, -0.25) is 4.79 Å². The molecule has 3 rings (SSSR count). The maximum absolute atomic E-state index is 12.5. The Morgan fingerprint density at radius 1 is 1.29 bits per heavy atom. The van der Waals surface area contributed by atoms with Gasteiger partial charge in [0, 0.05) is 13.1 Å². The zero-order chi connectivity index (χ0) is 17.1. The molecule has 0 radical (unpaired) electrons. The van der Waals surface area contributed by atoms with Crippen LogP contribution in [0, 0.1) is 6.92 Å². The van der Waals surface area contributed by atoms with Crippen molar-refractivity contribution in [1.29, 1.82) is 0 Å². The van der Waals surface area contributed by atoms with E-state index in [1.54, 1.807) is 12.1 Å². The molecule has 0 spiro atoms. The number of likely N-dealkylation sites (tertiary alicyclic amines) is 1. The molecule has 1 aromatic heterocycles. The summed E-state index contributed by atoms with van der Waals surface area (Å²) in [6, 6.07) is 12.5. The highest BCUT2D eigenvalue weighted by Crippen LogP contribution is 2.19. The van der Waals surface area contributed by atoms with Crippen LogP contribution in [0.25, 0.3) is 0 Å². The lowest BCUT2D eigenvalue weighted by Gasteiger charge is -2.17. The van der Waals surface area contributed by atoms with Gasteiger partial charge < -0.3 is 15.3 Å². The van der Waals surface area contributed by atoms with Crippen LogP contribution in [0.15, 0.2) is 42.5 Å². The van der Waals surface area contributed by atoms with Crippen LogP contribution in [0.1, 0.15) is 28.0 Å². The fourth-order valence-corrected chi connectivity index (χ4v) is 2.76. The van der Waals surface area contributed by atoms with Crippen LogP contribution in [0.3, 0.4) is 0 Å². The van der Waals surface area contributed by atoms with Gasteiger partial charge in [-0.25, -0.2) is 9.78 Å². The van der Waals surface area contributed by atoms with E-state index < -0.39 is 5.97 Å². The van der Waals surface area contributed by atoms with Crippen molar-refractivity contribution in [1.82, 2.24) is 9.88 Å². The maximum atomic E-state index is 12.5. The molecule has 0 saturated carbocycles. The molecule has 124 valence electrons. The molecule has 24 heavy (non-hydrogen) atoms. The van der Waals surface area contributed by atoms with E-state index in [0.29, 0.717) is 25.3 Å². The molecule has 2 N–H and O–H groups in total. The number of hydrogen-bond donors (Lipinski definition) is 2. The lowest BCUT2D eigenvalue weighted by atomic mass is 10.1. The van der Waals surface area contributed by atoms with E-state index in [4.69, 9.17) is 5.11 Å². The number of hydrogen-bond acceptors (Lipinski definition) is 4. The minimum atomic E-state index is -1.09. The van der Waals surface area contributed by atoms with Gasteiger partial charge in [-0.2, -0.15) is 0 Å². The Labute approximate surface area is 140 Å². The van der Waals surface area contributed by atoms with E-state index in [2.05, 4.69) is 10.3 Å². The van der Waals surface area contributed by atoms with Crippen molar-refractivity contribution >= 4 is 17.7 Å². The van der Waals surface area contributed by atoms with Gasteiger partial charge in [0.05, 0.1) is 0 Å². The van der Waals surface area contributed by atoms with Crippen molar-refractivity contribution in [3.63, 3.8) is 0 Å². The van der Waals surface area contributed by atoms with Crippen LogP contribution in [-0.2, 0) is 11.3 Å². The van der Waals surface area contributed by atoms with Gasteiger partial charge in [0.15, 0.2) is 5.69 Å². The van der Waals surface area contributed by atoms with E-state index in [-0.39, 0.29) is 17.6 Å². The number of rotatable bonds is 5. The summed E-state index contributed by atoms with van der Waals surface area (Å²) in [5.74, 6) is -0.666. The van der Waals surface area contributed by atoms with E-state index >= 15 is 0 Å². The van der Waals surface area contributed by atoms with Gasteiger partial charge in [-0.05, 0) is 31.0 Å². The summed E-state index contributed by atoms with van der Waals surface area (Å²) in [5, 5.41) is 12.0. The highest BCUT2D eigenvalue weighted by molar-refractivity contribution is 5.87. The molecule has 1 aromatic carbocycles. The molecule has 1 aliphatic rings. The lowest BCUT2D eigenvalue weighted by molar-refractivity contribution is -0.128. The fourth-order valence-electron chi connectivity index (χ4n) is 2.76. The van der Waals surface area contributed by atoms with Crippen LogP contribution < -0.4 is 5.32 Å². The first kappa shape index (κ1) is 16.0. The number of nitrogens with one attached hydrogen (secondary N) is 1. The van der Waals surface area contributed by atoms with Crippen LogP contribution >= 0.6 is 0 Å². The van der Waals surface area contributed by atoms with Crippen LogP contribution in [0.4, 0.5) is 5.82 Å². The molecule has 1 unspecified atom stereocenters. The zero-order valence-electron chi connectivity index (χ0n) is 13.4. The fraction of sp³-hybridized carbons (Fsp3) is 0.278. The molecular weight excluding hydrogens is 306 g/mol. The molecule has 1 fully saturated rings. The van der Waals surface area contributed by atoms with Crippen molar-refractivity contribution in [2.45, 2.75) is 25.9 Å². The lowest BCUT2D eigenvalue weighted by Crippen LogP contribution is -2.33. The summed E-state index contributed by atoms with van der Waals surface area (Å²) in [4.78, 5) is 29.3. The summed E-state index contributed by atoms with van der Waals surface area (Å²) in [6.45, 7) is 3.28. The van der Waals surface area contributed by atoms with Crippen molar-refractivity contribution < 1.29 is 14.7 Å². The number of amides is 1. The van der Waals surface area contributed by atoms with Gasteiger partial charge >= 0.3 is 5.97 Å². The minimum absolute atomic E-state index is 0.0121. The van der Waals surface area contributed by atoms with E-state index in [9.17, 15) is 9.59 Å². The smallest absolute Gasteiger partial charge is 0.354 e. The Balaban J connectivity index is 1.64. The number of anilines is 1. The number of aromatic nitrogens is 1. The third-order valence-electron chi connectivity index (χ3n) is 4.08. The number of carboxylic acids is 1. The summed E-state index contributed by atoms with van der Waals surface area (Å²) in [5.41, 5.74) is 2.25. The highest BCUT2D eigenvalue weighted by atomic mass is 16.4. The number of carbonyl (C=O) groups excluding carboxylic acids is 1. The van der Waals surface area contributed by atoms with Crippen LogP contribution in [0.5, 0.6) is 0 Å². The number of carbonyl (C=O) groups is 2. The third-order valence-corrected chi connectivity index (χ3v) is 4.08. The van der Waals surface area contributed by atoms with Crippen molar-refractivity contribution in [3.05, 3.63) is 59.3 Å². The first-order chi connectivity index (χ1) is 11.5. The Kier molecular flexibility index (Phi) is 4.46. The molecule has 1 aliphatic heterocycles. The Morgan fingerprint density at radius 3 is 2.75 bits per heavy atom. The molecule has 2 aromatic rings. The molecule has 1 saturated heterocycles. The monoisotopic (exact) mass is 325 g/mol. The molecule has 0 bridgehead atoms. The van der Waals surface area contributed by atoms with Crippen molar-refractivity contribution in [3.8, 4) is 0 Å². The number of carboxylic acid groups (broad SMARTS) is 1. The zero-order valence-corrected chi connectivity index (χ0v) is 13.4. The second-order valence-electron chi connectivity index (χ2n) is 5.94. The van der Waals surface area contributed by atoms with Gasteiger partial charge in [0.1, 0.15) is 11.9 Å². The van der Waals surface area contributed by atoms with Crippen LogP contribution in [-0.4, -0.2) is 39.5 Å². The second-order valence-corrected chi connectivity index (χ2v) is 5.94. The average Bonchev–Trinajstić information content (AvgIpc) is 2.90. The highest BCUT2D eigenvalue weighted by Gasteiger charge is 2.31. The molecule has 6 nitrogen and oxygen atoms in total.